The van der Waals surface area contributed by atoms with E-state index in [4.69, 9.17) is 5.73 Å². The van der Waals surface area contributed by atoms with E-state index in [9.17, 15) is 0 Å². The van der Waals surface area contributed by atoms with Gasteiger partial charge < -0.3 is 5.73 Å². The van der Waals surface area contributed by atoms with E-state index in [-0.39, 0.29) is 0 Å². The normalized spacial score (nSPS) is 20.3. The maximum absolute atomic E-state index is 5.36. The largest absolute Gasteiger partial charge is 0.330 e. The van der Waals surface area contributed by atoms with Crippen molar-refractivity contribution in [1.29, 1.82) is 0 Å². The molecule has 2 heteroatoms. The highest BCUT2D eigenvalue weighted by molar-refractivity contribution is 6.00. The van der Waals surface area contributed by atoms with Gasteiger partial charge in [-0.2, -0.15) is 0 Å². The Morgan fingerprint density at radius 2 is 2.08 bits per heavy atom. The Balaban J connectivity index is 2.24. The molecule has 1 aliphatic rings. The first-order valence-corrected chi connectivity index (χ1v) is 4.28. The Bertz CT molecular complexity index is 146. The van der Waals surface area contributed by atoms with E-state index in [2.05, 4.69) is 17.8 Å². The predicted molar refractivity (Wildman–Crippen MR) is 52.1 cm³/mol. The Morgan fingerprint density at radius 3 is 2.67 bits per heavy atom. The zero-order chi connectivity index (χ0) is 8.81. The number of hydrogen-bond donors (Lipinski definition) is 1. The first kappa shape index (κ1) is 9.72. The van der Waals surface area contributed by atoms with Gasteiger partial charge in [0.2, 0.25) is 0 Å². The molecule has 65 valence electrons. The molecule has 0 atom stereocenters. The molecule has 0 aromatic heterocycles. The van der Waals surface area contributed by atoms with Crippen molar-refractivity contribution in [3.05, 3.63) is 31.6 Å². The van der Waals surface area contributed by atoms with Gasteiger partial charge in [-0.3, -0.25) is 4.99 Å². The van der Waals surface area contributed by atoms with Crippen LogP contribution in [0.15, 0.2) is 4.99 Å². The van der Waals surface area contributed by atoms with Gasteiger partial charge in [0.15, 0.2) is 0 Å². The molecule has 2 nitrogen and oxygen atoms in total. The van der Waals surface area contributed by atoms with Crippen molar-refractivity contribution in [3.8, 4) is 0 Å². The smallest absolute Gasteiger partial charge is 0.0400 e. The molecule has 1 fully saturated rings. The summed E-state index contributed by atoms with van der Waals surface area (Å²) in [5.41, 5.74) is 6.47. The molecule has 0 aromatic rings. The van der Waals surface area contributed by atoms with E-state index >= 15 is 0 Å². The monoisotopic (exact) mass is 163 g/mol. The van der Waals surface area contributed by atoms with Gasteiger partial charge in [-0.25, -0.2) is 0 Å². The predicted octanol–water partition coefficient (Wildman–Crippen LogP) is 1.20. The number of nitrogens with two attached hydrogens (primary N) is 1. The summed E-state index contributed by atoms with van der Waals surface area (Å²) in [4.78, 5) is 4.39. The van der Waals surface area contributed by atoms with Crippen molar-refractivity contribution in [3.63, 3.8) is 0 Å². The van der Waals surface area contributed by atoms with Crippen LogP contribution < -0.4 is 5.73 Å². The topological polar surface area (TPSA) is 38.4 Å². The van der Waals surface area contributed by atoms with Gasteiger partial charge >= 0.3 is 0 Å². The number of rotatable bonds is 4. The van der Waals surface area contributed by atoms with Crippen molar-refractivity contribution in [2.45, 2.75) is 13.3 Å². The van der Waals surface area contributed by atoms with Crippen LogP contribution in [0.25, 0.3) is 0 Å². The molecule has 2 N–H and O–H groups in total. The highest BCUT2D eigenvalue weighted by Crippen LogP contribution is 2.24. The van der Waals surface area contributed by atoms with Crippen LogP contribution >= 0.6 is 0 Å². The van der Waals surface area contributed by atoms with Crippen molar-refractivity contribution >= 4 is 5.71 Å². The van der Waals surface area contributed by atoms with Gasteiger partial charge in [-0.15, -0.1) is 0 Å². The fourth-order valence-corrected chi connectivity index (χ4v) is 1.04. The third-order valence-corrected chi connectivity index (χ3v) is 1.79. The molecule has 0 spiro atoms. The molecule has 0 saturated heterocycles. The van der Waals surface area contributed by atoms with Gasteiger partial charge in [0.05, 0.1) is 0 Å². The molecule has 1 rings (SSSR count). The Labute approximate surface area is 75.3 Å². The second-order valence-corrected chi connectivity index (χ2v) is 2.78. The van der Waals surface area contributed by atoms with Gasteiger partial charge in [-0.1, -0.05) is 0 Å². The number of hydrogen-bond acceptors (Lipinski definition) is 2. The molecule has 5 radical (unpaired) electrons. The van der Waals surface area contributed by atoms with E-state index in [1.54, 1.807) is 0 Å². The van der Waals surface area contributed by atoms with E-state index in [0.717, 1.165) is 25.2 Å². The first-order valence-electron chi connectivity index (χ1n) is 4.28. The highest BCUT2D eigenvalue weighted by atomic mass is 14.7. The summed E-state index contributed by atoms with van der Waals surface area (Å²) in [6, 6.07) is 0. The summed E-state index contributed by atoms with van der Waals surface area (Å²) < 4.78 is 0. The second kappa shape index (κ2) is 5.31. The molecular weight excluding hydrogens is 148 g/mol. The highest BCUT2D eigenvalue weighted by Gasteiger charge is 2.18. The minimum absolute atomic E-state index is 0.720. The van der Waals surface area contributed by atoms with E-state index in [1.165, 1.54) is 5.92 Å². The van der Waals surface area contributed by atoms with Crippen molar-refractivity contribution in [2.24, 2.45) is 10.7 Å². The zero-order valence-corrected chi connectivity index (χ0v) is 7.46. The lowest BCUT2D eigenvalue weighted by Gasteiger charge is -2.06. The molecule has 0 aliphatic heterocycles. The van der Waals surface area contributed by atoms with Crippen LogP contribution in [0, 0.1) is 31.6 Å². The lowest BCUT2D eigenvalue weighted by molar-refractivity contribution is 0.843. The third-order valence-electron chi connectivity index (χ3n) is 1.79. The summed E-state index contributed by atoms with van der Waals surface area (Å²) in [6.45, 7) is 3.59. The first-order chi connectivity index (χ1) is 5.84. The maximum Gasteiger partial charge on any atom is 0.0400 e. The fourth-order valence-electron chi connectivity index (χ4n) is 1.04. The lowest BCUT2D eigenvalue weighted by Crippen LogP contribution is -2.07. The average molecular weight is 163 g/mol. The molecule has 0 amide bonds. The molecular formula is C10H15N2. The van der Waals surface area contributed by atoms with Gasteiger partial charge in [0, 0.05) is 18.2 Å². The Hall–Kier alpha value is -0.370. The number of aliphatic imine (C=N–C) groups is 1. The van der Waals surface area contributed by atoms with Gasteiger partial charge in [-0.05, 0) is 45.6 Å². The Morgan fingerprint density at radius 1 is 1.42 bits per heavy atom. The maximum atomic E-state index is 5.36. The van der Waals surface area contributed by atoms with Crippen molar-refractivity contribution < 1.29 is 0 Å². The van der Waals surface area contributed by atoms with Crippen molar-refractivity contribution in [1.82, 2.24) is 0 Å². The molecule has 0 aromatic carbocycles. The zero-order valence-electron chi connectivity index (χ0n) is 7.46. The van der Waals surface area contributed by atoms with E-state index in [1.807, 2.05) is 19.8 Å². The summed E-state index contributed by atoms with van der Waals surface area (Å²) in [6.07, 6.45) is 9.16. The molecule has 12 heavy (non-hydrogen) atoms. The minimum atomic E-state index is 0.720. The number of nitrogens with zero attached hydrogens (tertiary/aromatic N) is 1. The van der Waals surface area contributed by atoms with Crippen LogP contribution in [-0.4, -0.2) is 18.8 Å². The van der Waals surface area contributed by atoms with E-state index in [0.29, 0.717) is 0 Å². The fraction of sp³-hybridized carbons (Fsp3) is 0.400. The summed E-state index contributed by atoms with van der Waals surface area (Å²) >= 11 is 0. The van der Waals surface area contributed by atoms with E-state index < -0.39 is 0 Å². The van der Waals surface area contributed by atoms with Crippen LogP contribution in [0.5, 0.6) is 0 Å². The standard InChI is InChI=1S/C10H15N2/c1-9(12-8-4-7-11)10-5-2-3-6-10/h2-3,5-6H,4,7-8,11H2,1H3. The molecule has 1 aliphatic carbocycles. The van der Waals surface area contributed by atoms with Gasteiger partial charge in [0.25, 0.3) is 0 Å². The second-order valence-electron chi connectivity index (χ2n) is 2.78. The SMILES string of the molecule is CC(=NCCCN)[C]1[CH][CH][CH][CH]1. The van der Waals surface area contributed by atoms with Crippen molar-refractivity contribution in [2.75, 3.05) is 13.1 Å². The lowest BCUT2D eigenvalue weighted by atomic mass is 10.0. The summed E-state index contributed by atoms with van der Waals surface area (Å²) in [5, 5.41) is 0. The quantitative estimate of drug-likeness (QED) is 0.491. The molecule has 0 unspecified atom stereocenters. The summed E-state index contributed by atoms with van der Waals surface area (Å²) in [5.74, 6) is 1.21. The van der Waals surface area contributed by atoms with Crippen LogP contribution in [0.2, 0.25) is 0 Å². The van der Waals surface area contributed by atoms with Gasteiger partial charge in [0.1, 0.15) is 0 Å². The Kier molecular flexibility index (Phi) is 4.30. The van der Waals surface area contributed by atoms with Crippen LogP contribution in [0.4, 0.5) is 0 Å². The molecule has 0 heterocycles. The minimum Gasteiger partial charge on any atom is -0.330 e. The molecule has 0 bridgehead atoms. The van der Waals surface area contributed by atoms with Crippen LogP contribution in [0.3, 0.4) is 0 Å². The molecule has 1 saturated carbocycles. The van der Waals surface area contributed by atoms with Crippen LogP contribution in [-0.2, 0) is 0 Å². The third kappa shape index (κ3) is 2.94. The van der Waals surface area contributed by atoms with Crippen LogP contribution in [0.1, 0.15) is 13.3 Å². The summed E-state index contributed by atoms with van der Waals surface area (Å²) in [7, 11) is 0. The average Bonchev–Trinajstić information content (AvgIpc) is 2.56.